The predicted molar refractivity (Wildman–Crippen MR) is 121 cm³/mol. The van der Waals surface area contributed by atoms with Gasteiger partial charge in [-0.2, -0.15) is 0 Å². The highest BCUT2D eigenvalue weighted by Gasteiger charge is 2.18. The monoisotopic (exact) mass is 467 g/mol. The molecule has 0 fully saturated rings. The van der Waals surface area contributed by atoms with Crippen molar-refractivity contribution >= 4 is 23.4 Å². The predicted octanol–water partition coefficient (Wildman–Crippen LogP) is 4.74. The standard InChI is InChI=1S/C23H19F2N5O2S/c1-2-32-18-8-6-17(7-9-18)30-22(15-4-3-11-26-13-15)28-29-23(30)33-14-21(31)27-16-5-10-19(24)20(25)12-16/h3-13H,2,14H2,1H3,(H,27,31). The Labute approximate surface area is 192 Å². The number of aromatic nitrogens is 4. The van der Waals surface area contributed by atoms with Gasteiger partial charge in [0.05, 0.1) is 12.4 Å². The molecule has 4 rings (SSSR count). The lowest BCUT2D eigenvalue weighted by molar-refractivity contribution is -0.113. The minimum absolute atomic E-state index is 0.0127. The quantitative estimate of drug-likeness (QED) is 0.377. The van der Waals surface area contributed by atoms with Gasteiger partial charge in [0.2, 0.25) is 5.91 Å². The molecule has 0 aliphatic heterocycles. The number of rotatable bonds is 8. The number of amides is 1. The van der Waals surface area contributed by atoms with Crippen LogP contribution in [0.4, 0.5) is 14.5 Å². The van der Waals surface area contributed by atoms with Gasteiger partial charge in [0, 0.05) is 35.4 Å². The zero-order valence-corrected chi connectivity index (χ0v) is 18.4. The topological polar surface area (TPSA) is 81.9 Å². The summed E-state index contributed by atoms with van der Waals surface area (Å²) in [6.45, 7) is 2.47. The van der Waals surface area contributed by atoms with Crippen molar-refractivity contribution < 1.29 is 18.3 Å². The first kappa shape index (κ1) is 22.4. The van der Waals surface area contributed by atoms with Crippen molar-refractivity contribution in [2.24, 2.45) is 0 Å². The normalized spacial score (nSPS) is 10.8. The third-order valence-corrected chi connectivity index (χ3v) is 5.42. The highest BCUT2D eigenvalue weighted by atomic mass is 32.2. The van der Waals surface area contributed by atoms with Crippen LogP contribution in [-0.4, -0.2) is 38.0 Å². The van der Waals surface area contributed by atoms with Gasteiger partial charge in [0.1, 0.15) is 5.75 Å². The van der Waals surface area contributed by atoms with Gasteiger partial charge in [-0.05, 0) is 55.5 Å². The molecule has 0 aliphatic rings. The van der Waals surface area contributed by atoms with Gasteiger partial charge in [-0.3, -0.25) is 14.3 Å². The molecule has 33 heavy (non-hydrogen) atoms. The van der Waals surface area contributed by atoms with Gasteiger partial charge in [0.25, 0.3) is 0 Å². The second-order valence-corrected chi connectivity index (χ2v) is 7.72. The Morgan fingerprint density at radius 2 is 1.91 bits per heavy atom. The number of hydrogen-bond acceptors (Lipinski definition) is 6. The highest BCUT2D eigenvalue weighted by Crippen LogP contribution is 2.28. The van der Waals surface area contributed by atoms with Crippen LogP contribution in [0.15, 0.2) is 72.1 Å². The average molecular weight is 468 g/mol. The number of pyridine rings is 1. The van der Waals surface area contributed by atoms with E-state index < -0.39 is 17.5 Å². The van der Waals surface area contributed by atoms with E-state index in [1.807, 2.05) is 41.8 Å². The maximum Gasteiger partial charge on any atom is 0.234 e. The first-order chi connectivity index (χ1) is 16.0. The smallest absolute Gasteiger partial charge is 0.234 e. The molecule has 2 heterocycles. The Morgan fingerprint density at radius 3 is 2.61 bits per heavy atom. The number of ether oxygens (including phenoxy) is 1. The van der Waals surface area contributed by atoms with Crippen LogP contribution in [0, 0.1) is 11.6 Å². The summed E-state index contributed by atoms with van der Waals surface area (Å²) < 4.78 is 33.8. The SMILES string of the molecule is CCOc1ccc(-n2c(SCC(=O)Nc3ccc(F)c(F)c3)nnc2-c2cccnc2)cc1. The first-order valence-corrected chi connectivity index (χ1v) is 11.0. The Hall–Kier alpha value is -3.79. The van der Waals surface area contributed by atoms with E-state index in [4.69, 9.17) is 4.74 Å². The van der Waals surface area contributed by atoms with E-state index in [1.54, 1.807) is 18.5 Å². The van der Waals surface area contributed by atoms with Crippen molar-refractivity contribution in [1.82, 2.24) is 19.7 Å². The van der Waals surface area contributed by atoms with Crippen LogP contribution in [0.5, 0.6) is 5.75 Å². The van der Waals surface area contributed by atoms with E-state index >= 15 is 0 Å². The van der Waals surface area contributed by atoms with Crippen LogP contribution in [0.25, 0.3) is 17.1 Å². The van der Waals surface area contributed by atoms with E-state index in [9.17, 15) is 13.6 Å². The lowest BCUT2D eigenvalue weighted by Crippen LogP contribution is -2.15. The van der Waals surface area contributed by atoms with Crippen molar-refractivity contribution in [2.45, 2.75) is 12.1 Å². The molecule has 0 unspecified atom stereocenters. The van der Waals surface area contributed by atoms with Gasteiger partial charge in [0.15, 0.2) is 22.6 Å². The van der Waals surface area contributed by atoms with E-state index in [0.29, 0.717) is 17.6 Å². The Kier molecular flexibility index (Phi) is 6.94. The summed E-state index contributed by atoms with van der Waals surface area (Å²) >= 11 is 1.16. The molecule has 168 valence electrons. The number of nitrogens with one attached hydrogen (secondary N) is 1. The Bertz CT molecular complexity index is 1250. The lowest BCUT2D eigenvalue weighted by Gasteiger charge is -2.11. The number of carbonyl (C=O) groups excluding carboxylic acids is 1. The van der Waals surface area contributed by atoms with Crippen LogP contribution in [0.2, 0.25) is 0 Å². The summed E-state index contributed by atoms with van der Waals surface area (Å²) in [6, 6.07) is 14.3. The average Bonchev–Trinajstić information content (AvgIpc) is 3.25. The summed E-state index contributed by atoms with van der Waals surface area (Å²) in [4.78, 5) is 16.5. The number of hydrogen-bond donors (Lipinski definition) is 1. The van der Waals surface area contributed by atoms with Gasteiger partial charge >= 0.3 is 0 Å². The number of halogens is 2. The fraction of sp³-hybridized carbons (Fsp3) is 0.130. The molecule has 2 aromatic heterocycles. The summed E-state index contributed by atoms with van der Waals surface area (Å²) in [5.74, 6) is -1.12. The van der Waals surface area contributed by atoms with Crippen molar-refractivity contribution in [2.75, 3.05) is 17.7 Å². The lowest BCUT2D eigenvalue weighted by atomic mass is 10.2. The maximum atomic E-state index is 13.4. The van der Waals surface area contributed by atoms with Gasteiger partial charge in [-0.1, -0.05) is 11.8 Å². The van der Waals surface area contributed by atoms with Crippen LogP contribution >= 0.6 is 11.8 Å². The molecule has 1 amide bonds. The third kappa shape index (κ3) is 5.35. The molecule has 0 bridgehead atoms. The number of thioether (sulfide) groups is 1. The fourth-order valence-electron chi connectivity index (χ4n) is 3.04. The molecular formula is C23H19F2N5O2S. The summed E-state index contributed by atoms with van der Waals surface area (Å²) in [6.07, 6.45) is 3.35. The van der Waals surface area contributed by atoms with E-state index in [-0.39, 0.29) is 11.4 Å². The summed E-state index contributed by atoms with van der Waals surface area (Å²) in [5, 5.41) is 11.6. The van der Waals surface area contributed by atoms with Crippen molar-refractivity contribution in [1.29, 1.82) is 0 Å². The molecule has 10 heteroatoms. The summed E-state index contributed by atoms with van der Waals surface area (Å²) in [7, 11) is 0. The number of nitrogens with zero attached hydrogens (tertiary/aromatic N) is 4. The molecule has 7 nitrogen and oxygen atoms in total. The first-order valence-electron chi connectivity index (χ1n) is 10.0. The Morgan fingerprint density at radius 1 is 1.09 bits per heavy atom. The number of carbonyl (C=O) groups is 1. The van der Waals surface area contributed by atoms with E-state index in [0.717, 1.165) is 40.9 Å². The molecule has 0 atom stereocenters. The van der Waals surface area contributed by atoms with E-state index in [2.05, 4.69) is 20.5 Å². The van der Waals surface area contributed by atoms with Crippen LogP contribution in [0.3, 0.4) is 0 Å². The van der Waals surface area contributed by atoms with E-state index in [1.165, 1.54) is 6.07 Å². The Balaban J connectivity index is 1.57. The van der Waals surface area contributed by atoms with Crippen LogP contribution in [-0.2, 0) is 4.79 Å². The van der Waals surface area contributed by atoms with Gasteiger partial charge < -0.3 is 10.1 Å². The molecule has 1 N–H and O–H groups in total. The minimum atomic E-state index is -1.03. The third-order valence-electron chi connectivity index (χ3n) is 4.49. The van der Waals surface area contributed by atoms with Crippen LogP contribution in [0.1, 0.15) is 6.92 Å². The maximum absolute atomic E-state index is 13.4. The van der Waals surface area contributed by atoms with Crippen molar-refractivity contribution in [3.63, 3.8) is 0 Å². The largest absolute Gasteiger partial charge is 0.494 e. The molecule has 0 saturated heterocycles. The highest BCUT2D eigenvalue weighted by molar-refractivity contribution is 7.99. The number of anilines is 1. The second kappa shape index (κ2) is 10.2. The zero-order valence-electron chi connectivity index (χ0n) is 17.5. The van der Waals surface area contributed by atoms with Crippen molar-refractivity contribution in [3.05, 3.63) is 78.6 Å². The molecule has 0 saturated carbocycles. The second-order valence-electron chi connectivity index (χ2n) is 6.78. The molecule has 0 spiro atoms. The molecule has 0 aliphatic carbocycles. The van der Waals surface area contributed by atoms with Crippen molar-refractivity contribution in [3.8, 4) is 22.8 Å². The van der Waals surface area contributed by atoms with Crippen LogP contribution < -0.4 is 10.1 Å². The molecular weight excluding hydrogens is 448 g/mol. The molecule has 4 aromatic rings. The molecule has 0 radical (unpaired) electrons. The zero-order chi connectivity index (χ0) is 23.2. The minimum Gasteiger partial charge on any atom is -0.494 e. The fourth-order valence-corrected chi connectivity index (χ4v) is 3.79. The number of benzene rings is 2. The van der Waals surface area contributed by atoms with Gasteiger partial charge in [-0.25, -0.2) is 8.78 Å². The molecule has 2 aromatic carbocycles. The summed E-state index contributed by atoms with van der Waals surface area (Å²) in [5.41, 5.74) is 1.71. The van der Waals surface area contributed by atoms with Gasteiger partial charge in [-0.15, -0.1) is 10.2 Å².